The number of aliphatic hydroxyl groups excluding tert-OH is 1. The predicted octanol–water partition coefficient (Wildman–Crippen LogP) is 2.48. The molecule has 2 unspecified atom stereocenters. The summed E-state index contributed by atoms with van der Waals surface area (Å²) in [5, 5.41) is 10.2. The molecule has 1 aliphatic heterocycles. The summed E-state index contributed by atoms with van der Waals surface area (Å²) in [5.74, 6) is 1.54. The van der Waals surface area contributed by atoms with Gasteiger partial charge in [0.1, 0.15) is 23.7 Å². The molecule has 1 aromatic carbocycles. The lowest BCUT2D eigenvalue weighted by Gasteiger charge is -2.16. The van der Waals surface area contributed by atoms with Crippen molar-refractivity contribution in [3.05, 3.63) is 23.3 Å². The Kier molecular flexibility index (Phi) is 4.66. The van der Waals surface area contributed by atoms with Crippen molar-refractivity contribution in [2.75, 3.05) is 20.3 Å². The van der Waals surface area contributed by atoms with Gasteiger partial charge in [0, 0.05) is 24.2 Å². The number of benzene rings is 1. The summed E-state index contributed by atoms with van der Waals surface area (Å²) >= 11 is 0. The number of hydrogen-bond acceptors (Lipinski definition) is 4. The molecule has 2 atom stereocenters. The minimum atomic E-state index is -0.689. The molecular formula is C15H22O4. The molecule has 19 heavy (non-hydrogen) atoms. The van der Waals surface area contributed by atoms with Crippen molar-refractivity contribution in [1.82, 2.24) is 0 Å². The lowest BCUT2D eigenvalue weighted by atomic mass is 10.0. The van der Waals surface area contributed by atoms with Crippen LogP contribution in [0.3, 0.4) is 0 Å². The van der Waals surface area contributed by atoms with E-state index in [1.807, 2.05) is 26.0 Å². The second kappa shape index (κ2) is 6.26. The molecule has 106 valence electrons. The third kappa shape index (κ3) is 3.19. The normalized spacial score (nSPS) is 18.8. The first-order valence-electron chi connectivity index (χ1n) is 6.79. The van der Waals surface area contributed by atoms with Crippen LogP contribution in [0.1, 0.15) is 37.5 Å². The van der Waals surface area contributed by atoms with Gasteiger partial charge >= 0.3 is 0 Å². The van der Waals surface area contributed by atoms with Gasteiger partial charge in [0.2, 0.25) is 0 Å². The van der Waals surface area contributed by atoms with Crippen molar-refractivity contribution >= 4 is 0 Å². The highest BCUT2D eigenvalue weighted by Crippen LogP contribution is 2.37. The van der Waals surface area contributed by atoms with E-state index < -0.39 is 6.10 Å². The van der Waals surface area contributed by atoms with Gasteiger partial charge in [0.15, 0.2) is 0 Å². The van der Waals surface area contributed by atoms with Gasteiger partial charge in [-0.25, -0.2) is 0 Å². The zero-order chi connectivity index (χ0) is 13.8. The quantitative estimate of drug-likeness (QED) is 0.804. The molecule has 1 N–H and O–H groups in total. The fourth-order valence-corrected chi connectivity index (χ4v) is 2.32. The van der Waals surface area contributed by atoms with Crippen molar-refractivity contribution in [1.29, 1.82) is 0 Å². The second-order valence-electron chi connectivity index (χ2n) is 4.93. The molecule has 0 aromatic heterocycles. The molecule has 2 rings (SSSR count). The molecule has 0 aliphatic carbocycles. The number of ether oxygens (including phenoxy) is 3. The maximum absolute atomic E-state index is 10.2. The first-order valence-corrected chi connectivity index (χ1v) is 6.79. The number of rotatable bonds is 6. The van der Waals surface area contributed by atoms with Crippen LogP contribution in [0.4, 0.5) is 0 Å². The molecule has 1 heterocycles. The predicted molar refractivity (Wildman–Crippen MR) is 72.9 cm³/mol. The van der Waals surface area contributed by atoms with E-state index in [1.54, 1.807) is 7.11 Å². The zero-order valence-electron chi connectivity index (χ0n) is 11.8. The Bertz CT molecular complexity index is 430. The first-order chi connectivity index (χ1) is 9.15. The maximum atomic E-state index is 10.2. The van der Waals surface area contributed by atoms with Crippen LogP contribution in [0.25, 0.3) is 0 Å². The molecule has 0 saturated heterocycles. The van der Waals surface area contributed by atoms with E-state index in [2.05, 4.69) is 0 Å². The summed E-state index contributed by atoms with van der Waals surface area (Å²) in [5.41, 5.74) is 1.86. The Hall–Kier alpha value is -1.26. The Balaban J connectivity index is 2.17. The zero-order valence-corrected chi connectivity index (χ0v) is 11.8. The molecule has 0 saturated carbocycles. The number of fused-ring (bicyclic) bond motifs is 1. The Morgan fingerprint density at radius 1 is 1.47 bits per heavy atom. The van der Waals surface area contributed by atoms with Gasteiger partial charge in [-0.1, -0.05) is 6.92 Å². The molecule has 4 nitrogen and oxygen atoms in total. The average Bonchev–Trinajstić information content (AvgIpc) is 2.76. The van der Waals surface area contributed by atoms with E-state index in [4.69, 9.17) is 14.2 Å². The Morgan fingerprint density at radius 3 is 2.95 bits per heavy atom. The van der Waals surface area contributed by atoms with Gasteiger partial charge in [-0.3, -0.25) is 0 Å². The van der Waals surface area contributed by atoms with Crippen molar-refractivity contribution in [2.24, 2.45) is 0 Å². The van der Waals surface area contributed by atoms with Gasteiger partial charge < -0.3 is 19.3 Å². The molecule has 0 bridgehead atoms. The van der Waals surface area contributed by atoms with Crippen molar-refractivity contribution in [2.45, 2.75) is 38.9 Å². The van der Waals surface area contributed by atoms with Gasteiger partial charge in [-0.15, -0.1) is 0 Å². The highest BCUT2D eigenvalue weighted by atomic mass is 16.5. The molecule has 0 amide bonds. The molecule has 0 spiro atoms. The molecule has 1 aliphatic rings. The fraction of sp³-hybridized carbons (Fsp3) is 0.600. The van der Waals surface area contributed by atoms with Crippen molar-refractivity contribution in [3.8, 4) is 11.5 Å². The minimum absolute atomic E-state index is 0.184. The first kappa shape index (κ1) is 14.2. The van der Waals surface area contributed by atoms with Crippen LogP contribution in [0.5, 0.6) is 11.5 Å². The lowest BCUT2D eigenvalue weighted by Crippen LogP contribution is -2.09. The standard InChI is InChI=1S/C15H22O4/c1-4-5-18-9-13(16)12-8-14-11(6-10(2)19-14)7-15(12)17-3/h7-8,10,13,16H,4-6,9H2,1-3H3. The smallest absolute Gasteiger partial charge is 0.125 e. The van der Waals surface area contributed by atoms with Gasteiger partial charge in [0.05, 0.1) is 13.7 Å². The van der Waals surface area contributed by atoms with E-state index in [1.165, 1.54) is 0 Å². The van der Waals surface area contributed by atoms with Crippen LogP contribution >= 0.6 is 0 Å². The lowest BCUT2D eigenvalue weighted by molar-refractivity contribution is 0.0351. The summed E-state index contributed by atoms with van der Waals surface area (Å²) in [6, 6.07) is 3.83. The Labute approximate surface area is 114 Å². The van der Waals surface area contributed by atoms with E-state index in [-0.39, 0.29) is 12.7 Å². The van der Waals surface area contributed by atoms with Crippen molar-refractivity contribution < 1.29 is 19.3 Å². The van der Waals surface area contributed by atoms with Gasteiger partial charge in [-0.2, -0.15) is 0 Å². The minimum Gasteiger partial charge on any atom is -0.496 e. The van der Waals surface area contributed by atoms with E-state index in [0.29, 0.717) is 12.4 Å². The van der Waals surface area contributed by atoms with Gasteiger partial charge in [-0.05, 0) is 25.5 Å². The largest absolute Gasteiger partial charge is 0.496 e. The van der Waals surface area contributed by atoms with E-state index in [0.717, 1.165) is 29.7 Å². The van der Waals surface area contributed by atoms with E-state index in [9.17, 15) is 5.11 Å². The highest BCUT2D eigenvalue weighted by molar-refractivity contribution is 5.49. The fourth-order valence-electron chi connectivity index (χ4n) is 2.32. The summed E-state index contributed by atoms with van der Waals surface area (Å²) in [7, 11) is 1.62. The molecule has 4 heteroatoms. The number of aliphatic hydroxyl groups is 1. The maximum Gasteiger partial charge on any atom is 0.125 e. The van der Waals surface area contributed by atoms with Crippen LogP contribution in [0.2, 0.25) is 0 Å². The monoisotopic (exact) mass is 266 g/mol. The average molecular weight is 266 g/mol. The van der Waals surface area contributed by atoms with Crippen molar-refractivity contribution in [3.63, 3.8) is 0 Å². The topological polar surface area (TPSA) is 47.9 Å². The van der Waals surface area contributed by atoms with Gasteiger partial charge in [0.25, 0.3) is 0 Å². The van der Waals surface area contributed by atoms with Crippen LogP contribution in [0, 0.1) is 0 Å². The van der Waals surface area contributed by atoms with Crippen LogP contribution in [0.15, 0.2) is 12.1 Å². The third-order valence-corrected chi connectivity index (χ3v) is 3.23. The molecule has 0 fully saturated rings. The highest BCUT2D eigenvalue weighted by Gasteiger charge is 2.24. The van der Waals surface area contributed by atoms with Crippen LogP contribution in [-0.4, -0.2) is 31.5 Å². The molecule has 0 radical (unpaired) electrons. The third-order valence-electron chi connectivity index (χ3n) is 3.23. The molecule has 1 aromatic rings. The number of methoxy groups -OCH3 is 1. The molecular weight excluding hydrogens is 244 g/mol. The Morgan fingerprint density at radius 2 is 2.26 bits per heavy atom. The SMILES string of the molecule is CCCOCC(O)c1cc2c(cc1OC)CC(C)O2. The van der Waals surface area contributed by atoms with Crippen LogP contribution < -0.4 is 9.47 Å². The number of hydrogen-bond donors (Lipinski definition) is 1. The second-order valence-corrected chi connectivity index (χ2v) is 4.93. The summed E-state index contributed by atoms with van der Waals surface area (Å²) in [6.07, 6.45) is 1.32. The van der Waals surface area contributed by atoms with Crippen LogP contribution in [-0.2, 0) is 11.2 Å². The van der Waals surface area contributed by atoms with E-state index >= 15 is 0 Å². The summed E-state index contributed by atoms with van der Waals surface area (Å²) in [4.78, 5) is 0. The summed E-state index contributed by atoms with van der Waals surface area (Å²) in [6.45, 7) is 5.00. The summed E-state index contributed by atoms with van der Waals surface area (Å²) < 4.78 is 16.5.